The summed E-state index contributed by atoms with van der Waals surface area (Å²) in [4.78, 5) is 25.2. The summed E-state index contributed by atoms with van der Waals surface area (Å²) in [5, 5.41) is 6.98. The summed E-state index contributed by atoms with van der Waals surface area (Å²) in [6.45, 7) is 4.85. The van der Waals surface area contributed by atoms with E-state index in [0.717, 1.165) is 31.7 Å². The van der Waals surface area contributed by atoms with E-state index < -0.39 is 0 Å². The van der Waals surface area contributed by atoms with Crippen LogP contribution in [0.3, 0.4) is 0 Å². The van der Waals surface area contributed by atoms with Crippen LogP contribution in [0.2, 0.25) is 0 Å². The highest BCUT2D eigenvalue weighted by Crippen LogP contribution is 2.26. The zero-order chi connectivity index (χ0) is 17.2. The van der Waals surface area contributed by atoms with Gasteiger partial charge in [-0.1, -0.05) is 11.2 Å². The molecule has 25 heavy (non-hydrogen) atoms. The highest BCUT2D eigenvalue weighted by Gasteiger charge is 2.33. The van der Waals surface area contributed by atoms with Crippen molar-refractivity contribution in [1.29, 1.82) is 0 Å². The van der Waals surface area contributed by atoms with Crippen molar-refractivity contribution in [3.63, 3.8) is 0 Å². The summed E-state index contributed by atoms with van der Waals surface area (Å²) in [6.07, 6.45) is 3.59. The van der Waals surface area contributed by atoms with E-state index in [1.54, 1.807) is 13.1 Å². The Morgan fingerprint density at radius 1 is 1.28 bits per heavy atom. The second-order valence-electron chi connectivity index (χ2n) is 6.68. The van der Waals surface area contributed by atoms with Crippen molar-refractivity contribution in [2.75, 3.05) is 31.1 Å². The van der Waals surface area contributed by atoms with Crippen molar-refractivity contribution in [2.45, 2.75) is 31.7 Å². The summed E-state index contributed by atoms with van der Waals surface area (Å²) in [7, 11) is 0. The molecule has 0 spiro atoms. The van der Waals surface area contributed by atoms with Gasteiger partial charge in [0.25, 0.3) is 0 Å². The Morgan fingerprint density at radius 2 is 2.20 bits per heavy atom. The van der Waals surface area contributed by atoms with Crippen LogP contribution in [0.1, 0.15) is 30.5 Å². The molecule has 132 valence electrons. The van der Waals surface area contributed by atoms with Crippen molar-refractivity contribution in [3.8, 4) is 0 Å². The normalized spacial score (nSPS) is 23.2. The van der Waals surface area contributed by atoms with Crippen LogP contribution >= 0.6 is 0 Å². The fourth-order valence-corrected chi connectivity index (χ4v) is 3.52. The molecule has 2 amide bonds. The molecule has 8 heteroatoms. The lowest BCUT2D eigenvalue weighted by Crippen LogP contribution is -2.45. The first-order valence-corrected chi connectivity index (χ1v) is 8.70. The van der Waals surface area contributed by atoms with E-state index in [1.807, 2.05) is 23.1 Å². The Bertz CT molecular complexity index is 734. The van der Waals surface area contributed by atoms with Gasteiger partial charge < -0.3 is 19.6 Å². The standard InChI is InChI=1S/C17H22N6O2/c1-12-19-16(25-21-12)13-5-8-23(10-13)17(24)20-14-6-9-22(11-14)15-4-2-3-7-18-15/h2-4,7,13-14H,5-6,8-11H2,1H3,(H,20,24). The average molecular weight is 342 g/mol. The van der Waals surface area contributed by atoms with Gasteiger partial charge in [-0.05, 0) is 31.9 Å². The molecular formula is C17H22N6O2. The van der Waals surface area contributed by atoms with E-state index in [4.69, 9.17) is 4.52 Å². The number of aromatic nitrogens is 3. The quantitative estimate of drug-likeness (QED) is 0.911. The second-order valence-corrected chi connectivity index (χ2v) is 6.68. The molecule has 0 bridgehead atoms. The van der Waals surface area contributed by atoms with Gasteiger partial charge in [0.1, 0.15) is 5.82 Å². The largest absolute Gasteiger partial charge is 0.354 e. The van der Waals surface area contributed by atoms with Crippen LogP contribution < -0.4 is 10.2 Å². The molecule has 2 aliphatic heterocycles. The number of anilines is 1. The maximum atomic E-state index is 12.5. The van der Waals surface area contributed by atoms with Gasteiger partial charge in [-0.25, -0.2) is 9.78 Å². The first-order chi connectivity index (χ1) is 12.2. The Morgan fingerprint density at radius 3 is 2.96 bits per heavy atom. The fourth-order valence-electron chi connectivity index (χ4n) is 3.52. The number of likely N-dealkylation sites (tertiary alicyclic amines) is 1. The molecule has 4 heterocycles. The summed E-state index contributed by atoms with van der Waals surface area (Å²) in [6, 6.07) is 6.04. The first kappa shape index (κ1) is 15.9. The molecule has 0 aromatic carbocycles. The van der Waals surface area contributed by atoms with Gasteiger partial charge in [0.2, 0.25) is 5.89 Å². The van der Waals surface area contributed by atoms with Crippen LogP contribution in [-0.4, -0.2) is 58.3 Å². The molecule has 2 unspecified atom stereocenters. The molecule has 2 atom stereocenters. The lowest BCUT2D eigenvalue weighted by Gasteiger charge is -2.21. The van der Waals surface area contributed by atoms with Gasteiger partial charge in [-0.15, -0.1) is 0 Å². The number of carbonyl (C=O) groups excluding carboxylic acids is 1. The highest BCUT2D eigenvalue weighted by molar-refractivity contribution is 5.75. The van der Waals surface area contributed by atoms with Crippen LogP contribution in [0.4, 0.5) is 10.6 Å². The zero-order valence-corrected chi connectivity index (χ0v) is 14.3. The molecule has 2 saturated heterocycles. The highest BCUT2D eigenvalue weighted by atomic mass is 16.5. The maximum Gasteiger partial charge on any atom is 0.317 e. The van der Waals surface area contributed by atoms with Crippen molar-refractivity contribution in [3.05, 3.63) is 36.1 Å². The maximum absolute atomic E-state index is 12.5. The van der Waals surface area contributed by atoms with E-state index in [-0.39, 0.29) is 18.0 Å². The summed E-state index contributed by atoms with van der Waals surface area (Å²) >= 11 is 0. The van der Waals surface area contributed by atoms with Gasteiger partial charge in [-0.2, -0.15) is 4.98 Å². The van der Waals surface area contributed by atoms with E-state index >= 15 is 0 Å². The second kappa shape index (κ2) is 6.70. The molecule has 8 nitrogen and oxygen atoms in total. The number of carbonyl (C=O) groups is 1. The number of nitrogens with zero attached hydrogens (tertiary/aromatic N) is 5. The summed E-state index contributed by atoms with van der Waals surface area (Å²) in [5.41, 5.74) is 0. The topological polar surface area (TPSA) is 87.4 Å². The van der Waals surface area contributed by atoms with Crippen LogP contribution in [0.5, 0.6) is 0 Å². The molecule has 0 radical (unpaired) electrons. The number of nitrogens with one attached hydrogen (secondary N) is 1. The number of pyridine rings is 1. The monoisotopic (exact) mass is 342 g/mol. The lowest BCUT2D eigenvalue weighted by molar-refractivity contribution is 0.204. The molecule has 2 aromatic heterocycles. The van der Waals surface area contributed by atoms with Crippen molar-refractivity contribution < 1.29 is 9.32 Å². The van der Waals surface area contributed by atoms with Gasteiger partial charge in [0.15, 0.2) is 5.82 Å². The van der Waals surface area contributed by atoms with E-state index in [0.29, 0.717) is 24.8 Å². The minimum atomic E-state index is -0.00777. The minimum Gasteiger partial charge on any atom is -0.354 e. The predicted molar refractivity (Wildman–Crippen MR) is 91.4 cm³/mol. The van der Waals surface area contributed by atoms with Crippen LogP contribution in [-0.2, 0) is 0 Å². The number of amides is 2. The van der Waals surface area contributed by atoms with E-state index in [2.05, 4.69) is 25.3 Å². The average Bonchev–Trinajstić information content (AvgIpc) is 3.35. The SMILES string of the molecule is Cc1noc(C2CCN(C(=O)NC3CCN(c4ccccn4)C3)C2)n1. The van der Waals surface area contributed by atoms with Crippen molar-refractivity contribution in [1.82, 2.24) is 25.3 Å². The molecule has 1 N–H and O–H groups in total. The van der Waals surface area contributed by atoms with Crippen LogP contribution in [0.15, 0.2) is 28.9 Å². The number of aryl methyl sites for hydroxylation is 1. The van der Waals surface area contributed by atoms with Gasteiger partial charge in [-0.3, -0.25) is 0 Å². The Kier molecular flexibility index (Phi) is 4.25. The van der Waals surface area contributed by atoms with Crippen LogP contribution in [0, 0.1) is 6.92 Å². The van der Waals surface area contributed by atoms with Gasteiger partial charge in [0, 0.05) is 38.4 Å². The van der Waals surface area contributed by atoms with Gasteiger partial charge in [0.05, 0.1) is 5.92 Å². The number of urea groups is 1. The summed E-state index contributed by atoms with van der Waals surface area (Å²) in [5.74, 6) is 2.38. The third-order valence-electron chi connectivity index (χ3n) is 4.86. The molecule has 4 rings (SSSR count). The zero-order valence-electron chi connectivity index (χ0n) is 14.3. The van der Waals surface area contributed by atoms with Gasteiger partial charge >= 0.3 is 6.03 Å². The number of hydrogen-bond acceptors (Lipinski definition) is 6. The molecule has 2 aliphatic rings. The van der Waals surface area contributed by atoms with Crippen molar-refractivity contribution in [2.24, 2.45) is 0 Å². The third-order valence-corrected chi connectivity index (χ3v) is 4.86. The minimum absolute atomic E-state index is 0.00777. The van der Waals surface area contributed by atoms with Crippen LogP contribution in [0.25, 0.3) is 0 Å². The molecular weight excluding hydrogens is 320 g/mol. The lowest BCUT2D eigenvalue weighted by atomic mass is 10.1. The molecule has 2 fully saturated rings. The molecule has 0 saturated carbocycles. The third kappa shape index (κ3) is 3.42. The Labute approximate surface area is 146 Å². The first-order valence-electron chi connectivity index (χ1n) is 8.70. The predicted octanol–water partition coefficient (Wildman–Crippen LogP) is 1.55. The number of hydrogen-bond donors (Lipinski definition) is 1. The Balaban J connectivity index is 1.30. The van der Waals surface area contributed by atoms with E-state index in [9.17, 15) is 4.79 Å². The fraction of sp³-hybridized carbons (Fsp3) is 0.529. The smallest absolute Gasteiger partial charge is 0.317 e. The Hall–Kier alpha value is -2.64. The summed E-state index contributed by atoms with van der Waals surface area (Å²) < 4.78 is 5.24. The number of rotatable bonds is 3. The molecule has 0 aliphatic carbocycles. The molecule has 2 aromatic rings. The van der Waals surface area contributed by atoms with E-state index in [1.165, 1.54) is 0 Å². The van der Waals surface area contributed by atoms with Crippen molar-refractivity contribution >= 4 is 11.8 Å².